The second kappa shape index (κ2) is 6.44. The van der Waals surface area contributed by atoms with Crippen molar-refractivity contribution in [1.29, 1.82) is 0 Å². The average molecular weight is 221 g/mol. The van der Waals surface area contributed by atoms with Crippen molar-refractivity contribution in [2.24, 2.45) is 11.8 Å². The molecule has 2 saturated carbocycles. The minimum atomic E-state index is 0.904. The van der Waals surface area contributed by atoms with Crippen LogP contribution in [0.1, 0.15) is 57.8 Å². The number of likely N-dealkylation sites (N-methyl/N-ethyl adjacent to an activating group) is 1. The van der Waals surface area contributed by atoms with Gasteiger partial charge in [-0.3, -0.25) is 0 Å². The molecule has 0 spiro atoms. The van der Waals surface area contributed by atoms with E-state index in [1.165, 1.54) is 57.8 Å². The van der Waals surface area contributed by atoms with Crippen LogP contribution in [0.4, 0.5) is 0 Å². The highest BCUT2D eigenvalue weighted by atomic mass is 14.8. The third-order valence-corrected chi connectivity index (χ3v) is 4.36. The maximum Gasteiger partial charge on any atom is 0.0164 e. The topological polar surface area (TPSA) is 12.0 Å². The van der Waals surface area contributed by atoms with E-state index in [0.29, 0.717) is 0 Å². The average Bonchev–Trinajstić information content (AvgIpc) is 2.83. The van der Waals surface area contributed by atoms with Crippen LogP contribution in [-0.2, 0) is 0 Å². The van der Waals surface area contributed by atoms with E-state index in [9.17, 15) is 0 Å². The van der Waals surface area contributed by atoms with Crippen LogP contribution in [0, 0.1) is 11.8 Å². The van der Waals surface area contributed by atoms with Gasteiger partial charge in [0.15, 0.2) is 0 Å². The molecule has 0 bridgehead atoms. The second-order valence-electron chi connectivity index (χ2n) is 5.65. The van der Waals surface area contributed by atoms with Gasteiger partial charge in [-0.1, -0.05) is 43.8 Å². The summed E-state index contributed by atoms with van der Waals surface area (Å²) in [6, 6.07) is 0. The van der Waals surface area contributed by atoms with Crippen LogP contribution < -0.4 is 5.32 Å². The van der Waals surface area contributed by atoms with Gasteiger partial charge in [-0.05, 0) is 44.6 Å². The van der Waals surface area contributed by atoms with Crippen molar-refractivity contribution in [3.63, 3.8) is 0 Å². The minimum absolute atomic E-state index is 0.904. The van der Waals surface area contributed by atoms with Gasteiger partial charge in [-0.25, -0.2) is 0 Å². The fraction of sp³-hybridized carbons (Fsp3) is 0.867. The molecular formula is C15H27N. The summed E-state index contributed by atoms with van der Waals surface area (Å²) in [5, 5.41) is 3.37. The molecule has 0 atom stereocenters. The zero-order valence-electron chi connectivity index (χ0n) is 10.8. The first-order chi connectivity index (χ1) is 7.90. The quantitative estimate of drug-likeness (QED) is 0.710. The molecule has 0 amide bonds. The molecule has 0 aromatic rings. The molecular weight excluding hydrogens is 194 g/mol. The van der Waals surface area contributed by atoms with Gasteiger partial charge in [0.05, 0.1) is 0 Å². The fourth-order valence-electron chi connectivity index (χ4n) is 3.44. The molecule has 1 N–H and O–H groups in total. The summed E-state index contributed by atoms with van der Waals surface area (Å²) in [4.78, 5) is 0. The lowest BCUT2D eigenvalue weighted by Crippen LogP contribution is -2.20. The van der Waals surface area contributed by atoms with Crippen LogP contribution in [0.2, 0.25) is 0 Å². The third kappa shape index (κ3) is 3.35. The van der Waals surface area contributed by atoms with Crippen LogP contribution in [0.25, 0.3) is 0 Å². The molecule has 2 aliphatic rings. The maximum atomic E-state index is 3.37. The standard InChI is InChI=1S/C15H27N/c1-16-12-15(11-13-7-5-6-8-13)14-9-3-2-4-10-14/h11,13-14,16H,2-10,12H2,1H3. The van der Waals surface area contributed by atoms with Crippen molar-refractivity contribution in [1.82, 2.24) is 5.32 Å². The molecule has 2 fully saturated rings. The van der Waals surface area contributed by atoms with Gasteiger partial charge in [0.25, 0.3) is 0 Å². The van der Waals surface area contributed by atoms with Gasteiger partial charge < -0.3 is 5.32 Å². The predicted molar refractivity (Wildman–Crippen MR) is 70.5 cm³/mol. The molecule has 1 heteroatoms. The lowest BCUT2D eigenvalue weighted by molar-refractivity contribution is 0.393. The van der Waals surface area contributed by atoms with Gasteiger partial charge in [0.2, 0.25) is 0 Å². The van der Waals surface area contributed by atoms with E-state index in [1.807, 2.05) is 0 Å². The first kappa shape index (κ1) is 12.2. The predicted octanol–water partition coefficient (Wildman–Crippen LogP) is 3.90. The van der Waals surface area contributed by atoms with E-state index < -0.39 is 0 Å². The third-order valence-electron chi connectivity index (χ3n) is 4.36. The first-order valence-electron chi connectivity index (χ1n) is 7.25. The zero-order valence-corrected chi connectivity index (χ0v) is 10.8. The Morgan fingerprint density at radius 3 is 2.25 bits per heavy atom. The van der Waals surface area contributed by atoms with E-state index in [1.54, 1.807) is 5.57 Å². The normalized spacial score (nSPS) is 25.2. The summed E-state index contributed by atoms with van der Waals surface area (Å²) in [5.74, 6) is 1.81. The number of rotatable bonds is 4. The Bertz CT molecular complexity index is 220. The molecule has 0 saturated heterocycles. The van der Waals surface area contributed by atoms with E-state index in [-0.39, 0.29) is 0 Å². The van der Waals surface area contributed by atoms with Crippen molar-refractivity contribution in [3.05, 3.63) is 11.6 Å². The van der Waals surface area contributed by atoms with Crippen LogP contribution in [0.5, 0.6) is 0 Å². The van der Waals surface area contributed by atoms with Crippen molar-refractivity contribution in [3.8, 4) is 0 Å². The lowest BCUT2D eigenvalue weighted by atomic mass is 9.82. The molecule has 0 aromatic heterocycles. The number of hydrogen-bond donors (Lipinski definition) is 1. The van der Waals surface area contributed by atoms with E-state index >= 15 is 0 Å². The molecule has 0 heterocycles. The zero-order chi connectivity index (χ0) is 11.2. The largest absolute Gasteiger partial charge is 0.316 e. The Kier molecular flexibility index (Phi) is 4.90. The summed E-state index contributed by atoms with van der Waals surface area (Å²) in [6.45, 7) is 1.13. The molecule has 0 radical (unpaired) electrons. The molecule has 0 aromatic carbocycles. The van der Waals surface area contributed by atoms with Gasteiger partial charge in [-0.2, -0.15) is 0 Å². The number of nitrogens with one attached hydrogen (secondary N) is 1. The van der Waals surface area contributed by atoms with E-state index in [0.717, 1.165) is 18.4 Å². The Hall–Kier alpha value is -0.300. The summed E-state index contributed by atoms with van der Waals surface area (Å²) >= 11 is 0. The van der Waals surface area contributed by atoms with Crippen LogP contribution >= 0.6 is 0 Å². The van der Waals surface area contributed by atoms with E-state index in [2.05, 4.69) is 18.4 Å². The molecule has 0 unspecified atom stereocenters. The SMILES string of the molecule is CNCC(=CC1CCCC1)C1CCCCC1. The van der Waals surface area contributed by atoms with Crippen LogP contribution in [0.3, 0.4) is 0 Å². The highest BCUT2D eigenvalue weighted by Crippen LogP contribution is 2.33. The van der Waals surface area contributed by atoms with Crippen LogP contribution in [0.15, 0.2) is 11.6 Å². The highest BCUT2D eigenvalue weighted by molar-refractivity contribution is 5.12. The first-order valence-corrected chi connectivity index (χ1v) is 7.25. The Morgan fingerprint density at radius 2 is 1.62 bits per heavy atom. The summed E-state index contributed by atoms with van der Waals surface area (Å²) < 4.78 is 0. The number of hydrogen-bond acceptors (Lipinski definition) is 1. The van der Waals surface area contributed by atoms with Crippen molar-refractivity contribution in [2.45, 2.75) is 57.8 Å². The number of allylic oxidation sites excluding steroid dienone is 1. The maximum absolute atomic E-state index is 3.37. The van der Waals surface area contributed by atoms with Crippen LogP contribution in [-0.4, -0.2) is 13.6 Å². The summed E-state index contributed by atoms with van der Waals surface area (Å²) in [5.41, 5.74) is 1.73. The summed E-state index contributed by atoms with van der Waals surface area (Å²) in [7, 11) is 2.09. The lowest BCUT2D eigenvalue weighted by Gasteiger charge is -2.25. The van der Waals surface area contributed by atoms with Gasteiger partial charge in [0.1, 0.15) is 0 Å². The molecule has 2 aliphatic carbocycles. The molecule has 92 valence electrons. The molecule has 2 rings (SSSR count). The molecule has 16 heavy (non-hydrogen) atoms. The smallest absolute Gasteiger partial charge is 0.0164 e. The van der Waals surface area contributed by atoms with E-state index in [4.69, 9.17) is 0 Å². The summed E-state index contributed by atoms with van der Waals surface area (Å²) in [6.07, 6.45) is 15.7. The Morgan fingerprint density at radius 1 is 1.00 bits per heavy atom. The minimum Gasteiger partial charge on any atom is -0.316 e. The monoisotopic (exact) mass is 221 g/mol. The van der Waals surface area contributed by atoms with Crippen molar-refractivity contribution < 1.29 is 0 Å². The van der Waals surface area contributed by atoms with Crippen molar-refractivity contribution >= 4 is 0 Å². The fourth-order valence-corrected chi connectivity index (χ4v) is 3.44. The Labute approximate surface area is 101 Å². The van der Waals surface area contributed by atoms with Crippen molar-refractivity contribution in [2.75, 3.05) is 13.6 Å². The van der Waals surface area contributed by atoms with Gasteiger partial charge in [-0.15, -0.1) is 0 Å². The second-order valence-corrected chi connectivity index (χ2v) is 5.65. The van der Waals surface area contributed by atoms with Gasteiger partial charge in [0, 0.05) is 6.54 Å². The Balaban J connectivity index is 1.96. The molecule has 0 aliphatic heterocycles. The molecule has 1 nitrogen and oxygen atoms in total. The van der Waals surface area contributed by atoms with Gasteiger partial charge >= 0.3 is 0 Å². The highest BCUT2D eigenvalue weighted by Gasteiger charge is 2.20.